The molecule has 0 radical (unpaired) electrons. The van der Waals surface area contributed by atoms with Crippen molar-refractivity contribution in [3.63, 3.8) is 0 Å². The van der Waals surface area contributed by atoms with Crippen molar-refractivity contribution in [2.24, 2.45) is 5.73 Å². The van der Waals surface area contributed by atoms with E-state index in [9.17, 15) is 4.39 Å². The molecule has 1 aromatic carbocycles. The molecule has 0 aliphatic heterocycles. The Bertz CT molecular complexity index is 534. The summed E-state index contributed by atoms with van der Waals surface area (Å²) in [7, 11) is 0. The van der Waals surface area contributed by atoms with Gasteiger partial charge in [-0.3, -0.25) is 0 Å². The molecule has 0 fully saturated rings. The molecular weight excluding hydrogens is 251 g/mol. The van der Waals surface area contributed by atoms with Crippen molar-refractivity contribution < 1.29 is 4.39 Å². The minimum Gasteiger partial charge on any atom is -0.347 e. The lowest BCUT2D eigenvalue weighted by molar-refractivity contribution is 0.591. The number of aromatic nitrogens is 1. The number of nitrogens with zero attached hydrogens (tertiary/aromatic N) is 1. The van der Waals surface area contributed by atoms with E-state index in [0.717, 1.165) is 12.1 Å². The molecule has 0 bridgehead atoms. The number of hydrogen-bond donors (Lipinski definition) is 1. The smallest absolute Gasteiger partial charge is 0.129 e. The predicted octanol–water partition coefficient (Wildman–Crippen LogP) is 3.22. The molecule has 1 atom stereocenters. The third-order valence-electron chi connectivity index (χ3n) is 2.81. The van der Waals surface area contributed by atoms with Crippen LogP contribution in [0.1, 0.15) is 18.2 Å². The van der Waals surface area contributed by atoms with Crippen LogP contribution in [0.25, 0.3) is 0 Å². The molecule has 2 aromatic rings. The molecule has 2 nitrogen and oxygen atoms in total. The second kappa shape index (κ2) is 5.55. The van der Waals surface area contributed by atoms with Gasteiger partial charge in [0.2, 0.25) is 0 Å². The Hall–Kier alpha value is -1.32. The van der Waals surface area contributed by atoms with Gasteiger partial charge in [0.25, 0.3) is 0 Å². The van der Waals surface area contributed by atoms with Crippen molar-refractivity contribution >= 4 is 11.6 Å². The van der Waals surface area contributed by atoms with Crippen molar-refractivity contribution in [1.82, 2.24) is 4.57 Å². The fourth-order valence-electron chi connectivity index (χ4n) is 1.95. The highest BCUT2D eigenvalue weighted by Crippen LogP contribution is 2.17. The van der Waals surface area contributed by atoms with Gasteiger partial charge < -0.3 is 10.3 Å². The highest BCUT2D eigenvalue weighted by Gasteiger charge is 2.07. The number of hydrogen-bond acceptors (Lipinski definition) is 1. The molecule has 1 aromatic heterocycles. The first kappa shape index (κ1) is 13.1. The molecule has 0 amide bonds. The maximum atomic E-state index is 13.7. The van der Waals surface area contributed by atoms with Crippen LogP contribution in [0.15, 0.2) is 36.5 Å². The Morgan fingerprint density at radius 1 is 1.39 bits per heavy atom. The van der Waals surface area contributed by atoms with Crippen molar-refractivity contribution in [3.05, 3.63) is 58.6 Å². The van der Waals surface area contributed by atoms with Crippen LogP contribution in [0, 0.1) is 5.82 Å². The Morgan fingerprint density at radius 3 is 2.83 bits per heavy atom. The highest BCUT2D eigenvalue weighted by atomic mass is 35.5. The second-order valence-electron chi connectivity index (χ2n) is 4.54. The Balaban J connectivity index is 2.21. The van der Waals surface area contributed by atoms with E-state index in [2.05, 4.69) is 0 Å². The number of rotatable bonds is 4. The van der Waals surface area contributed by atoms with E-state index in [-0.39, 0.29) is 11.9 Å². The van der Waals surface area contributed by atoms with Gasteiger partial charge in [-0.05, 0) is 31.2 Å². The summed E-state index contributed by atoms with van der Waals surface area (Å²) in [5, 5.41) is 0.416. The fraction of sp³-hybridized carbons (Fsp3) is 0.286. The Kier molecular flexibility index (Phi) is 4.04. The fourth-order valence-corrected chi connectivity index (χ4v) is 2.11. The molecule has 96 valence electrons. The third kappa shape index (κ3) is 3.12. The van der Waals surface area contributed by atoms with E-state index in [0.29, 0.717) is 17.1 Å². The summed E-state index contributed by atoms with van der Waals surface area (Å²) >= 11 is 5.74. The zero-order valence-corrected chi connectivity index (χ0v) is 11.0. The lowest BCUT2D eigenvalue weighted by Crippen LogP contribution is -2.20. The molecule has 1 unspecified atom stereocenters. The molecule has 18 heavy (non-hydrogen) atoms. The first-order chi connectivity index (χ1) is 8.56. The lowest BCUT2D eigenvalue weighted by Gasteiger charge is -2.12. The van der Waals surface area contributed by atoms with Crippen molar-refractivity contribution in [1.29, 1.82) is 0 Å². The maximum Gasteiger partial charge on any atom is 0.129 e. The van der Waals surface area contributed by atoms with Gasteiger partial charge in [0.1, 0.15) is 5.82 Å². The first-order valence-electron chi connectivity index (χ1n) is 5.90. The average molecular weight is 267 g/mol. The number of halogens is 2. The summed E-state index contributed by atoms with van der Waals surface area (Å²) < 4.78 is 15.7. The SMILES string of the molecule is CC(N)Cc1cccn1Cc1ccc(Cl)cc1F. The number of nitrogens with two attached hydrogens (primary N) is 1. The minimum absolute atomic E-state index is 0.0914. The molecule has 0 saturated heterocycles. The lowest BCUT2D eigenvalue weighted by atomic mass is 10.1. The van der Waals surface area contributed by atoms with Crippen molar-refractivity contribution in [3.8, 4) is 0 Å². The first-order valence-corrected chi connectivity index (χ1v) is 6.27. The van der Waals surface area contributed by atoms with Crippen LogP contribution in [0.4, 0.5) is 4.39 Å². The van der Waals surface area contributed by atoms with Gasteiger partial charge in [0, 0.05) is 34.9 Å². The Labute approximate surface area is 111 Å². The zero-order valence-electron chi connectivity index (χ0n) is 10.2. The van der Waals surface area contributed by atoms with Gasteiger partial charge in [-0.25, -0.2) is 4.39 Å². The van der Waals surface area contributed by atoms with Gasteiger partial charge in [-0.1, -0.05) is 17.7 Å². The summed E-state index contributed by atoms with van der Waals surface area (Å²) in [6.07, 6.45) is 2.72. The summed E-state index contributed by atoms with van der Waals surface area (Å²) in [5.41, 5.74) is 7.53. The van der Waals surface area contributed by atoms with Crippen LogP contribution >= 0.6 is 11.6 Å². The maximum absolute atomic E-state index is 13.7. The summed E-state index contributed by atoms with van der Waals surface area (Å²) in [4.78, 5) is 0. The topological polar surface area (TPSA) is 30.9 Å². The number of benzene rings is 1. The van der Waals surface area contributed by atoms with Crippen LogP contribution in [-0.2, 0) is 13.0 Å². The van der Waals surface area contributed by atoms with Crippen LogP contribution in [-0.4, -0.2) is 10.6 Å². The quantitative estimate of drug-likeness (QED) is 0.905. The molecule has 4 heteroatoms. The van der Waals surface area contributed by atoms with E-state index < -0.39 is 0 Å². The zero-order chi connectivity index (χ0) is 13.1. The minimum atomic E-state index is -0.275. The van der Waals surface area contributed by atoms with Crippen molar-refractivity contribution in [2.45, 2.75) is 25.9 Å². The normalized spacial score (nSPS) is 12.7. The van der Waals surface area contributed by atoms with Crippen LogP contribution < -0.4 is 5.73 Å². The van der Waals surface area contributed by atoms with Gasteiger partial charge in [-0.2, -0.15) is 0 Å². The van der Waals surface area contributed by atoms with E-state index in [1.807, 2.05) is 29.8 Å². The third-order valence-corrected chi connectivity index (χ3v) is 3.05. The largest absolute Gasteiger partial charge is 0.347 e. The standard InChI is InChI=1S/C14H16ClFN2/c1-10(17)7-13-3-2-6-18(13)9-11-4-5-12(15)8-14(11)16/h2-6,8,10H,7,9,17H2,1H3. The molecule has 0 saturated carbocycles. The summed E-state index contributed by atoms with van der Waals surface area (Å²) in [5.74, 6) is -0.275. The van der Waals surface area contributed by atoms with Gasteiger partial charge in [0.05, 0.1) is 6.54 Å². The van der Waals surface area contributed by atoms with E-state index >= 15 is 0 Å². The molecule has 0 aliphatic carbocycles. The van der Waals surface area contributed by atoms with Gasteiger partial charge in [-0.15, -0.1) is 0 Å². The molecule has 2 N–H and O–H groups in total. The van der Waals surface area contributed by atoms with Gasteiger partial charge in [0.15, 0.2) is 0 Å². The molecule has 1 heterocycles. The summed E-state index contributed by atoms with van der Waals surface area (Å²) in [6, 6.07) is 8.81. The van der Waals surface area contributed by atoms with E-state index in [1.165, 1.54) is 6.07 Å². The monoisotopic (exact) mass is 266 g/mol. The molecular formula is C14H16ClFN2. The average Bonchev–Trinajstić information content (AvgIpc) is 2.69. The van der Waals surface area contributed by atoms with Crippen molar-refractivity contribution in [2.75, 3.05) is 0 Å². The predicted molar refractivity (Wildman–Crippen MR) is 72.3 cm³/mol. The molecule has 2 rings (SSSR count). The van der Waals surface area contributed by atoms with Crippen LogP contribution in [0.5, 0.6) is 0 Å². The molecule has 0 spiro atoms. The van der Waals surface area contributed by atoms with E-state index in [4.69, 9.17) is 17.3 Å². The molecule has 0 aliphatic rings. The Morgan fingerprint density at radius 2 is 2.17 bits per heavy atom. The summed E-state index contributed by atoms with van der Waals surface area (Å²) in [6.45, 7) is 2.46. The van der Waals surface area contributed by atoms with Crippen LogP contribution in [0.2, 0.25) is 5.02 Å². The second-order valence-corrected chi connectivity index (χ2v) is 4.98. The van der Waals surface area contributed by atoms with Crippen LogP contribution in [0.3, 0.4) is 0 Å². The van der Waals surface area contributed by atoms with E-state index in [1.54, 1.807) is 12.1 Å². The highest BCUT2D eigenvalue weighted by molar-refractivity contribution is 6.30. The van der Waals surface area contributed by atoms with Gasteiger partial charge >= 0.3 is 0 Å².